The van der Waals surface area contributed by atoms with Gasteiger partial charge in [0, 0.05) is 26.2 Å². The van der Waals surface area contributed by atoms with E-state index in [0.717, 1.165) is 42.0 Å². The zero-order chi connectivity index (χ0) is 14.9. The minimum atomic E-state index is -0.0128. The van der Waals surface area contributed by atoms with Crippen molar-refractivity contribution in [3.05, 3.63) is 15.9 Å². The zero-order valence-electron chi connectivity index (χ0n) is 12.7. The molecule has 2 rings (SSSR count). The molecule has 0 aromatic carbocycles. The van der Waals surface area contributed by atoms with E-state index in [1.165, 1.54) is 0 Å². The molecule has 1 aliphatic rings. The Morgan fingerprint density at radius 3 is 2.75 bits per heavy atom. The van der Waals surface area contributed by atoms with E-state index in [1.807, 2.05) is 25.6 Å². The fourth-order valence-corrected chi connectivity index (χ4v) is 3.10. The molecule has 1 aromatic rings. The molecule has 1 fully saturated rings. The number of carbonyl (C=O) groups excluding carboxylic acids is 1. The van der Waals surface area contributed by atoms with E-state index >= 15 is 0 Å². The van der Waals surface area contributed by atoms with Gasteiger partial charge in [-0.2, -0.15) is 5.10 Å². The first-order valence-corrected chi connectivity index (χ1v) is 7.86. The van der Waals surface area contributed by atoms with Gasteiger partial charge >= 0.3 is 0 Å². The van der Waals surface area contributed by atoms with Crippen LogP contribution in [0.5, 0.6) is 0 Å². The van der Waals surface area contributed by atoms with Crippen LogP contribution in [0.1, 0.15) is 18.3 Å². The molecular formula is C14H23BrN4O. The normalized spacial score (nSPS) is 21.4. The molecule has 0 N–H and O–H groups in total. The number of aromatic nitrogens is 2. The van der Waals surface area contributed by atoms with E-state index in [4.69, 9.17) is 0 Å². The van der Waals surface area contributed by atoms with Gasteiger partial charge in [-0.1, -0.05) is 0 Å². The fraction of sp³-hybridized carbons (Fsp3) is 0.714. The number of piperazine rings is 1. The van der Waals surface area contributed by atoms with Gasteiger partial charge in [-0.05, 0) is 43.9 Å². The number of hydrogen-bond acceptors (Lipinski definition) is 4. The van der Waals surface area contributed by atoms with Crippen LogP contribution in [0.3, 0.4) is 0 Å². The van der Waals surface area contributed by atoms with E-state index in [2.05, 4.69) is 37.9 Å². The lowest BCUT2D eigenvalue weighted by atomic mass is 10.0. The minimum absolute atomic E-state index is 0.0128. The second-order valence-electron chi connectivity index (χ2n) is 5.56. The summed E-state index contributed by atoms with van der Waals surface area (Å²) in [5.41, 5.74) is 1.94. The molecule has 0 bridgehead atoms. The van der Waals surface area contributed by atoms with Crippen LogP contribution in [0.4, 0.5) is 0 Å². The Hall–Kier alpha value is -0.720. The van der Waals surface area contributed by atoms with Crippen LogP contribution in [0, 0.1) is 6.92 Å². The molecule has 1 aromatic heterocycles. The smallest absolute Gasteiger partial charge is 0.157 e. The third kappa shape index (κ3) is 3.13. The Bertz CT molecular complexity index is 500. The topological polar surface area (TPSA) is 41.4 Å². The summed E-state index contributed by atoms with van der Waals surface area (Å²) in [6.45, 7) is 7.58. The maximum Gasteiger partial charge on any atom is 0.157 e. The van der Waals surface area contributed by atoms with E-state index in [0.29, 0.717) is 6.42 Å². The Labute approximate surface area is 129 Å². The monoisotopic (exact) mass is 342 g/mol. The third-order valence-electron chi connectivity index (χ3n) is 4.02. The number of carbonyl (C=O) groups is 1. The molecule has 0 radical (unpaired) electrons. The summed E-state index contributed by atoms with van der Waals surface area (Å²) in [7, 11) is 4.11. The van der Waals surface area contributed by atoms with Crippen LogP contribution in [0.2, 0.25) is 0 Å². The molecule has 6 heteroatoms. The van der Waals surface area contributed by atoms with Crippen molar-refractivity contribution >= 4 is 21.7 Å². The number of likely N-dealkylation sites (N-methyl/N-ethyl adjacent to an activating group) is 2. The summed E-state index contributed by atoms with van der Waals surface area (Å²) in [5.74, 6) is 0.273. The average Bonchev–Trinajstić information content (AvgIpc) is 2.69. The van der Waals surface area contributed by atoms with Gasteiger partial charge in [-0.25, -0.2) is 0 Å². The minimum Gasteiger partial charge on any atom is -0.303 e. The molecule has 0 saturated carbocycles. The van der Waals surface area contributed by atoms with Crippen molar-refractivity contribution in [2.75, 3.05) is 33.7 Å². The van der Waals surface area contributed by atoms with Gasteiger partial charge in [-0.15, -0.1) is 0 Å². The fourth-order valence-electron chi connectivity index (χ4n) is 2.68. The third-order valence-corrected chi connectivity index (χ3v) is 5.05. The van der Waals surface area contributed by atoms with Crippen LogP contribution in [0.15, 0.2) is 4.47 Å². The number of hydrogen-bond donors (Lipinski definition) is 0. The lowest BCUT2D eigenvalue weighted by Gasteiger charge is -2.36. The van der Waals surface area contributed by atoms with Gasteiger partial charge in [0.2, 0.25) is 0 Å². The predicted molar refractivity (Wildman–Crippen MR) is 83.0 cm³/mol. The van der Waals surface area contributed by atoms with Gasteiger partial charge in [0.15, 0.2) is 5.78 Å². The summed E-state index contributed by atoms with van der Waals surface area (Å²) in [6.07, 6.45) is 0.443. The van der Waals surface area contributed by atoms with Crippen molar-refractivity contribution in [2.24, 2.45) is 0 Å². The first kappa shape index (κ1) is 15.7. The second kappa shape index (κ2) is 6.37. The zero-order valence-corrected chi connectivity index (χ0v) is 14.3. The first-order valence-electron chi connectivity index (χ1n) is 7.07. The summed E-state index contributed by atoms with van der Waals surface area (Å²) in [5, 5.41) is 4.45. The molecular weight excluding hydrogens is 320 g/mol. The quantitative estimate of drug-likeness (QED) is 0.827. The van der Waals surface area contributed by atoms with Crippen LogP contribution >= 0.6 is 15.9 Å². The number of aryl methyl sites for hydroxylation is 2. The molecule has 0 amide bonds. The molecule has 0 aliphatic carbocycles. The van der Waals surface area contributed by atoms with Crippen molar-refractivity contribution in [2.45, 2.75) is 32.9 Å². The van der Waals surface area contributed by atoms with Crippen molar-refractivity contribution in [3.8, 4) is 0 Å². The van der Waals surface area contributed by atoms with E-state index < -0.39 is 0 Å². The lowest BCUT2D eigenvalue weighted by molar-refractivity contribution is -0.125. The molecule has 1 unspecified atom stereocenters. The van der Waals surface area contributed by atoms with Crippen LogP contribution in [0.25, 0.3) is 0 Å². The molecule has 1 saturated heterocycles. The Balaban J connectivity index is 2.15. The number of halogens is 1. The molecule has 2 heterocycles. The van der Waals surface area contributed by atoms with Crippen LogP contribution < -0.4 is 0 Å². The van der Waals surface area contributed by atoms with Crippen molar-refractivity contribution < 1.29 is 4.79 Å². The van der Waals surface area contributed by atoms with E-state index in [-0.39, 0.29) is 11.8 Å². The van der Waals surface area contributed by atoms with E-state index in [1.54, 1.807) is 0 Å². The summed E-state index contributed by atoms with van der Waals surface area (Å²) in [4.78, 5) is 17.0. The number of nitrogens with zero attached hydrogens (tertiary/aromatic N) is 4. The SMILES string of the molecule is CCn1nc(C)c(Br)c1CC(=O)C1CN(C)CCN1C. The van der Waals surface area contributed by atoms with Gasteiger partial charge < -0.3 is 4.90 Å². The molecule has 1 atom stereocenters. The van der Waals surface area contributed by atoms with Crippen molar-refractivity contribution in [3.63, 3.8) is 0 Å². The second-order valence-corrected chi connectivity index (χ2v) is 6.36. The number of rotatable bonds is 4. The molecule has 5 nitrogen and oxygen atoms in total. The highest BCUT2D eigenvalue weighted by Crippen LogP contribution is 2.22. The highest BCUT2D eigenvalue weighted by Gasteiger charge is 2.29. The summed E-state index contributed by atoms with van der Waals surface area (Å²) in [6, 6.07) is -0.0128. The maximum absolute atomic E-state index is 12.6. The summed E-state index contributed by atoms with van der Waals surface area (Å²) >= 11 is 3.56. The highest BCUT2D eigenvalue weighted by atomic mass is 79.9. The molecule has 1 aliphatic heterocycles. The van der Waals surface area contributed by atoms with Gasteiger partial charge in [0.25, 0.3) is 0 Å². The average molecular weight is 343 g/mol. The highest BCUT2D eigenvalue weighted by molar-refractivity contribution is 9.10. The Kier molecular flexibility index (Phi) is 4.99. The van der Waals surface area contributed by atoms with Crippen LogP contribution in [-0.2, 0) is 17.8 Å². The molecule has 112 valence electrons. The predicted octanol–water partition coefficient (Wildman–Crippen LogP) is 1.33. The van der Waals surface area contributed by atoms with Crippen LogP contribution in [-0.4, -0.2) is 65.1 Å². The van der Waals surface area contributed by atoms with Gasteiger partial charge in [0.05, 0.1) is 28.3 Å². The standard InChI is InChI=1S/C14H23BrN4O/c1-5-19-11(14(15)10(2)16-19)8-13(20)12-9-17(3)6-7-18(12)4/h12H,5-9H2,1-4H3. The largest absolute Gasteiger partial charge is 0.303 e. The molecule has 0 spiro atoms. The van der Waals surface area contributed by atoms with Crippen molar-refractivity contribution in [1.82, 2.24) is 19.6 Å². The number of Topliss-reactive ketones (excluding diaryl/α,β-unsaturated/α-hetero) is 1. The molecule has 20 heavy (non-hydrogen) atoms. The van der Waals surface area contributed by atoms with Gasteiger partial charge in [-0.3, -0.25) is 14.4 Å². The Morgan fingerprint density at radius 2 is 2.10 bits per heavy atom. The number of ketones is 1. The van der Waals surface area contributed by atoms with Crippen molar-refractivity contribution in [1.29, 1.82) is 0 Å². The maximum atomic E-state index is 12.6. The van der Waals surface area contributed by atoms with Gasteiger partial charge in [0.1, 0.15) is 0 Å². The summed E-state index contributed by atoms with van der Waals surface area (Å²) < 4.78 is 2.89. The van der Waals surface area contributed by atoms with E-state index in [9.17, 15) is 4.79 Å². The lowest BCUT2D eigenvalue weighted by Crippen LogP contribution is -2.54. The Morgan fingerprint density at radius 1 is 1.40 bits per heavy atom. The first-order chi connectivity index (χ1) is 9.43.